The van der Waals surface area contributed by atoms with E-state index >= 15 is 0 Å². The third-order valence-corrected chi connectivity index (χ3v) is 3.14. The molecule has 0 aliphatic rings. The fourth-order valence-corrected chi connectivity index (χ4v) is 1.89. The fraction of sp³-hybridized carbons (Fsp3) is 0.0714. The number of carboxylic acids is 1. The Morgan fingerprint density at radius 2 is 1.95 bits per heavy atom. The molecule has 0 heterocycles. The Hall–Kier alpha value is -1.88. The lowest BCUT2D eigenvalue weighted by molar-refractivity contribution is 0.0694. The van der Waals surface area contributed by atoms with Crippen molar-refractivity contribution in [2.75, 3.05) is 0 Å². The van der Waals surface area contributed by atoms with Crippen LogP contribution in [0.2, 0.25) is 0 Å². The number of aryl methyl sites for hydroxylation is 1. The van der Waals surface area contributed by atoms with Crippen LogP contribution >= 0.6 is 15.9 Å². The molecule has 0 bridgehead atoms. The Labute approximate surface area is 117 Å². The molecular formula is C14H10BrFO3. The first-order chi connectivity index (χ1) is 8.97. The van der Waals surface area contributed by atoms with E-state index in [0.717, 1.165) is 5.56 Å². The zero-order valence-corrected chi connectivity index (χ0v) is 11.6. The van der Waals surface area contributed by atoms with Crippen molar-refractivity contribution >= 4 is 21.9 Å². The third-order valence-electron chi connectivity index (χ3n) is 2.48. The molecule has 0 fully saturated rings. The second kappa shape index (κ2) is 5.40. The maximum Gasteiger partial charge on any atom is 0.339 e. The van der Waals surface area contributed by atoms with Gasteiger partial charge >= 0.3 is 5.97 Å². The molecule has 2 aromatic rings. The molecular weight excluding hydrogens is 315 g/mol. The molecule has 0 aliphatic carbocycles. The quantitative estimate of drug-likeness (QED) is 0.910. The maximum atomic E-state index is 13.2. The average molecular weight is 325 g/mol. The maximum absolute atomic E-state index is 13.2. The van der Waals surface area contributed by atoms with Gasteiger partial charge in [0.15, 0.2) is 0 Å². The van der Waals surface area contributed by atoms with Gasteiger partial charge in [-0.25, -0.2) is 9.18 Å². The van der Waals surface area contributed by atoms with Gasteiger partial charge in [-0.2, -0.15) is 0 Å². The zero-order valence-electron chi connectivity index (χ0n) is 9.98. The van der Waals surface area contributed by atoms with Gasteiger partial charge < -0.3 is 9.84 Å². The molecule has 0 unspecified atom stereocenters. The van der Waals surface area contributed by atoms with Gasteiger partial charge in [-0.05, 0) is 52.7 Å². The van der Waals surface area contributed by atoms with Crippen LogP contribution in [-0.4, -0.2) is 11.1 Å². The topological polar surface area (TPSA) is 46.5 Å². The van der Waals surface area contributed by atoms with Gasteiger partial charge in [0.25, 0.3) is 0 Å². The van der Waals surface area contributed by atoms with Crippen LogP contribution in [0.25, 0.3) is 0 Å². The van der Waals surface area contributed by atoms with Crippen LogP contribution in [0.15, 0.2) is 40.9 Å². The van der Waals surface area contributed by atoms with E-state index in [9.17, 15) is 9.18 Å². The van der Waals surface area contributed by atoms with E-state index < -0.39 is 11.8 Å². The molecule has 0 aromatic heterocycles. The number of carbonyl (C=O) groups is 1. The summed E-state index contributed by atoms with van der Waals surface area (Å²) in [5, 5.41) is 9.09. The predicted molar refractivity (Wildman–Crippen MR) is 72.3 cm³/mol. The second-order valence-corrected chi connectivity index (χ2v) is 4.84. The molecule has 0 aliphatic heterocycles. The molecule has 3 nitrogen and oxygen atoms in total. The lowest BCUT2D eigenvalue weighted by atomic mass is 10.1. The minimum atomic E-state index is -1.09. The molecule has 19 heavy (non-hydrogen) atoms. The van der Waals surface area contributed by atoms with Crippen LogP contribution in [0.5, 0.6) is 11.5 Å². The molecule has 0 saturated heterocycles. The van der Waals surface area contributed by atoms with Gasteiger partial charge in [0.2, 0.25) is 0 Å². The molecule has 0 radical (unpaired) electrons. The number of aromatic carboxylic acids is 1. The van der Waals surface area contributed by atoms with E-state index in [-0.39, 0.29) is 17.1 Å². The largest absolute Gasteiger partial charge is 0.478 e. The van der Waals surface area contributed by atoms with Crippen LogP contribution in [0.3, 0.4) is 0 Å². The van der Waals surface area contributed by atoms with E-state index in [1.807, 2.05) is 6.92 Å². The Kier molecular flexibility index (Phi) is 3.85. The summed E-state index contributed by atoms with van der Waals surface area (Å²) in [7, 11) is 0. The van der Waals surface area contributed by atoms with Crippen LogP contribution in [0.4, 0.5) is 4.39 Å². The highest BCUT2D eigenvalue weighted by Crippen LogP contribution is 2.32. The van der Waals surface area contributed by atoms with Gasteiger partial charge in [0, 0.05) is 6.07 Å². The molecule has 98 valence electrons. The number of ether oxygens (including phenoxy) is 1. The lowest BCUT2D eigenvalue weighted by Gasteiger charge is -2.11. The van der Waals surface area contributed by atoms with E-state index in [4.69, 9.17) is 9.84 Å². The Bertz CT molecular complexity index is 641. The number of rotatable bonds is 3. The fourth-order valence-electron chi connectivity index (χ4n) is 1.56. The lowest BCUT2D eigenvalue weighted by Crippen LogP contribution is -2.00. The van der Waals surface area contributed by atoms with Crippen molar-refractivity contribution in [2.24, 2.45) is 0 Å². The molecule has 5 heteroatoms. The van der Waals surface area contributed by atoms with Crippen LogP contribution in [0, 0.1) is 12.7 Å². The molecule has 0 spiro atoms. The monoisotopic (exact) mass is 324 g/mol. The molecule has 0 atom stereocenters. The van der Waals surface area contributed by atoms with E-state index in [1.54, 1.807) is 12.1 Å². The minimum Gasteiger partial charge on any atom is -0.478 e. The summed E-state index contributed by atoms with van der Waals surface area (Å²) in [6.45, 7) is 1.82. The summed E-state index contributed by atoms with van der Waals surface area (Å²) in [6, 6.07) is 8.71. The molecule has 0 amide bonds. The highest BCUT2D eigenvalue weighted by molar-refractivity contribution is 9.10. The highest BCUT2D eigenvalue weighted by Gasteiger charge is 2.13. The van der Waals surface area contributed by atoms with Gasteiger partial charge in [0.05, 0.1) is 4.47 Å². The van der Waals surface area contributed by atoms with Crippen LogP contribution in [-0.2, 0) is 0 Å². The van der Waals surface area contributed by atoms with Crippen molar-refractivity contribution in [1.82, 2.24) is 0 Å². The molecule has 2 rings (SSSR count). The SMILES string of the molecule is Cc1ccc(C(=O)O)c(Oc2cc(F)ccc2Br)c1. The summed E-state index contributed by atoms with van der Waals surface area (Å²) < 4.78 is 19.2. The van der Waals surface area contributed by atoms with Crippen molar-refractivity contribution < 1.29 is 19.0 Å². The standard InChI is InChI=1S/C14H10BrFO3/c1-8-2-4-10(14(17)18)12(6-8)19-13-7-9(16)3-5-11(13)15/h2-7H,1H3,(H,17,18). The second-order valence-electron chi connectivity index (χ2n) is 3.98. The summed E-state index contributed by atoms with van der Waals surface area (Å²) in [5.41, 5.74) is 0.884. The molecule has 2 aromatic carbocycles. The van der Waals surface area contributed by atoms with Gasteiger partial charge in [-0.15, -0.1) is 0 Å². The van der Waals surface area contributed by atoms with Gasteiger partial charge in [-0.1, -0.05) is 6.07 Å². The number of hydrogen-bond acceptors (Lipinski definition) is 2. The van der Waals surface area contributed by atoms with Crippen LogP contribution in [0.1, 0.15) is 15.9 Å². The minimum absolute atomic E-state index is 0.0294. The number of carboxylic acid groups (broad SMARTS) is 1. The molecule has 1 N–H and O–H groups in total. The zero-order chi connectivity index (χ0) is 14.0. The predicted octanol–water partition coefficient (Wildman–Crippen LogP) is 4.39. The third kappa shape index (κ3) is 3.12. The van der Waals surface area contributed by atoms with Gasteiger partial charge in [0.1, 0.15) is 22.9 Å². The van der Waals surface area contributed by atoms with Gasteiger partial charge in [-0.3, -0.25) is 0 Å². The Balaban J connectivity index is 2.45. The van der Waals surface area contributed by atoms with E-state index in [2.05, 4.69) is 15.9 Å². The van der Waals surface area contributed by atoms with Crippen molar-refractivity contribution in [1.29, 1.82) is 0 Å². The number of hydrogen-bond donors (Lipinski definition) is 1. The summed E-state index contributed by atoms with van der Waals surface area (Å²) in [5.74, 6) is -1.14. The first-order valence-corrected chi connectivity index (χ1v) is 6.23. The first kappa shape index (κ1) is 13.5. The van der Waals surface area contributed by atoms with Crippen molar-refractivity contribution in [3.8, 4) is 11.5 Å². The number of halogens is 2. The highest BCUT2D eigenvalue weighted by atomic mass is 79.9. The van der Waals surface area contributed by atoms with E-state index in [1.165, 1.54) is 24.3 Å². The van der Waals surface area contributed by atoms with E-state index in [0.29, 0.717) is 4.47 Å². The molecule has 0 saturated carbocycles. The normalized spacial score (nSPS) is 10.3. The summed E-state index contributed by atoms with van der Waals surface area (Å²) in [4.78, 5) is 11.1. The summed E-state index contributed by atoms with van der Waals surface area (Å²) >= 11 is 3.23. The van der Waals surface area contributed by atoms with Crippen molar-refractivity contribution in [3.05, 3.63) is 57.8 Å². The summed E-state index contributed by atoms with van der Waals surface area (Å²) in [6.07, 6.45) is 0. The number of benzene rings is 2. The first-order valence-electron chi connectivity index (χ1n) is 5.44. The Morgan fingerprint density at radius 1 is 1.21 bits per heavy atom. The smallest absolute Gasteiger partial charge is 0.339 e. The Morgan fingerprint density at radius 3 is 2.63 bits per heavy atom. The average Bonchev–Trinajstić information content (AvgIpc) is 2.33. The van der Waals surface area contributed by atoms with Crippen molar-refractivity contribution in [3.63, 3.8) is 0 Å². The van der Waals surface area contributed by atoms with Crippen molar-refractivity contribution in [2.45, 2.75) is 6.92 Å². The van der Waals surface area contributed by atoms with Crippen LogP contribution < -0.4 is 4.74 Å².